The molecule has 2 aromatic carbocycles. The zero-order valence-electron chi connectivity index (χ0n) is 11.7. The van der Waals surface area contributed by atoms with Crippen LogP contribution in [0.25, 0.3) is 0 Å². The molecule has 0 fully saturated rings. The Morgan fingerprint density at radius 1 is 1.17 bits per heavy atom. The van der Waals surface area contributed by atoms with Crippen LogP contribution in [0, 0.1) is 15.9 Å². The van der Waals surface area contributed by atoms with Gasteiger partial charge in [0.15, 0.2) is 6.61 Å². The number of hydrogen-bond donors (Lipinski definition) is 1. The Morgan fingerprint density at radius 3 is 2.52 bits per heavy atom. The third kappa shape index (κ3) is 4.34. The first-order chi connectivity index (χ1) is 11.0. The largest absolute Gasteiger partial charge is 0.452 e. The Bertz CT molecular complexity index is 749. The third-order valence-corrected chi connectivity index (χ3v) is 2.77. The van der Waals surface area contributed by atoms with Crippen molar-refractivity contribution >= 4 is 23.3 Å². The number of carbonyl (C=O) groups excluding carboxylic acids is 2. The maximum atomic E-state index is 13.2. The van der Waals surface area contributed by atoms with Gasteiger partial charge in [0, 0.05) is 11.8 Å². The van der Waals surface area contributed by atoms with E-state index in [-0.39, 0.29) is 11.3 Å². The zero-order valence-corrected chi connectivity index (χ0v) is 11.7. The Kier molecular flexibility index (Phi) is 4.98. The zero-order chi connectivity index (χ0) is 16.8. The molecule has 8 heteroatoms. The van der Waals surface area contributed by atoms with Crippen LogP contribution in [-0.2, 0) is 9.53 Å². The summed E-state index contributed by atoms with van der Waals surface area (Å²) in [6, 6.07) is 11.0. The number of carbonyl (C=O) groups is 2. The summed E-state index contributed by atoms with van der Waals surface area (Å²) in [7, 11) is 0. The first kappa shape index (κ1) is 16.1. The number of esters is 1. The minimum absolute atomic E-state index is 0.0267. The third-order valence-electron chi connectivity index (χ3n) is 2.77. The molecule has 1 N–H and O–H groups in total. The van der Waals surface area contributed by atoms with E-state index in [0.29, 0.717) is 0 Å². The van der Waals surface area contributed by atoms with Gasteiger partial charge in [-0.15, -0.1) is 0 Å². The van der Waals surface area contributed by atoms with Crippen LogP contribution in [-0.4, -0.2) is 23.4 Å². The molecule has 0 aliphatic heterocycles. The molecule has 23 heavy (non-hydrogen) atoms. The molecule has 0 aromatic heterocycles. The first-order valence-electron chi connectivity index (χ1n) is 6.43. The maximum absolute atomic E-state index is 13.2. The van der Waals surface area contributed by atoms with Crippen LogP contribution in [0.3, 0.4) is 0 Å². The van der Waals surface area contributed by atoms with Gasteiger partial charge in [0.1, 0.15) is 0 Å². The van der Waals surface area contributed by atoms with Crippen LogP contribution in [0.15, 0.2) is 48.5 Å². The molecule has 1 amide bonds. The highest BCUT2D eigenvalue weighted by Crippen LogP contribution is 2.21. The van der Waals surface area contributed by atoms with Crippen LogP contribution in [0.1, 0.15) is 10.4 Å². The molecule has 0 saturated carbocycles. The lowest BCUT2D eigenvalue weighted by molar-refractivity contribution is -0.387. The van der Waals surface area contributed by atoms with E-state index in [2.05, 4.69) is 5.32 Å². The summed E-state index contributed by atoms with van der Waals surface area (Å²) in [5.41, 5.74) is -0.444. The first-order valence-corrected chi connectivity index (χ1v) is 6.43. The van der Waals surface area contributed by atoms with Gasteiger partial charge in [0.2, 0.25) is 5.82 Å². The number of anilines is 1. The molecule has 0 radical (unpaired) electrons. The summed E-state index contributed by atoms with van der Waals surface area (Å²) >= 11 is 0. The normalized spacial score (nSPS) is 9.96. The maximum Gasteiger partial charge on any atom is 0.338 e. The highest BCUT2D eigenvalue weighted by Gasteiger charge is 2.16. The summed E-state index contributed by atoms with van der Waals surface area (Å²) in [5.74, 6) is -2.38. The molecule has 118 valence electrons. The highest BCUT2D eigenvalue weighted by atomic mass is 19.1. The van der Waals surface area contributed by atoms with Crippen molar-refractivity contribution in [1.82, 2.24) is 0 Å². The van der Waals surface area contributed by atoms with Crippen LogP contribution >= 0.6 is 0 Å². The van der Waals surface area contributed by atoms with Crippen LogP contribution in [0.2, 0.25) is 0 Å². The van der Waals surface area contributed by atoms with E-state index < -0.39 is 34.9 Å². The van der Waals surface area contributed by atoms with Crippen molar-refractivity contribution in [3.63, 3.8) is 0 Å². The number of nitrogens with one attached hydrogen (secondary N) is 1. The van der Waals surface area contributed by atoms with Crippen LogP contribution < -0.4 is 5.32 Å². The predicted molar refractivity (Wildman–Crippen MR) is 78.4 cm³/mol. The molecule has 0 saturated heterocycles. The average Bonchev–Trinajstić information content (AvgIpc) is 2.55. The predicted octanol–water partition coefficient (Wildman–Crippen LogP) is 2.53. The van der Waals surface area contributed by atoms with E-state index in [9.17, 15) is 24.1 Å². The van der Waals surface area contributed by atoms with E-state index in [1.54, 1.807) is 18.2 Å². The molecule has 0 aliphatic rings. The summed E-state index contributed by atoms with van der Waals surface area (Å²) in [6.07, 6.45) is 0. The fraction of sp³-hybridized carbons (Fsp3) is 0.0667. The molecule has 0 atom stereocenters. The second kappa shape index (κ2) is 7.12. The molecule has 0 aliphatic carbocycles. The van der Waals surface area contributed by atoms with Crippen molar-refractivity contribution in [2.24, 2.45) is 0 Å². The molecule has 0 bridgehead atoms. The fourth-order valence-electron chi connectivity index (χ4n) is 1.72. The Labute approximate surface area is 129 Å². The molecular formula is C15H11FN2O5. The van der Waals surface area contributed by atoms with Gasteiger partial charge in [-0.25, -0.2) is 4.79 Å². The quantitative estimate of drug-likeness (QED) is 0.519. The van der Waals surface area contributed by atoms with E-state index in [1.807, 2.05) is 0 Å². The topological polar surface area (TPSA) is 98.5 Å². The SMILES string of the molecule is O=C(COC(=O)c1ccccc1)Nc1ccc(F)c([N+](=O)[O-])c1. The second-order valence-electron chi connectivity index (χ2n) is 4.41. The number of nitro benzene ring substituents is 1. The van der Waals surface area contributed by atoms with Gasteiger partial charge in [-0.1, -0.05) is 18.2 Å². The molecule has 0 heterocycles. The number of halogens is 1. The molecule has 0 spiro atoms. The lowest BCUT2D eigenvalue weighted by atomic mass is 10.2. The number of rotatable bonds is 5. The summed E-state index contributed by atoms with van der Waals surface area (Å²) in [6.45, 7) is -0.571. The van der Waals surface area contributed by atoms with Gasteiger partial charge in [-0.3, -0.25) is 14.9 Å². The minimum atomic E-state index is -1.01. The van der Waals surface area contributed by atoms with E-state index in [0.717, 1.165) is 12.1 Å². The Balaban J connectivity index is 1.94. The highest BCUT2D eigenvalue weighted by molar-refractivity contribution is 5.95. The fourth-order valence-corrected chi connectivity index (χ4v) is 1.72. The summed E-state index contributed by atoms with van der Waals surface area (Å²) in [5, 5.41) is 12.9. The number of nitrogens with zero attached hydrogens (tertiary/aromatic N) is 1. The Hall–Kier alpha value is -3.29. The van der Waals surface area contributed by atoms with Gasteiger partial charge < -0.3 is 10.1 Å². The van der Waals surface area contributed by atoms with Gasteiger partial charge in [0.05, 0.1) is 10.5 Å². The monoisotopic (exact) mass is 318 g/mol. The van der Waals surface area contributed by atoms with Crippen molar-refractivity contribution in [3.8, 4) is 0 Å². The lowest BCUT2D eigenvalue weighted by Crippen LogP contribution is -2.21. The van der Waals surface area contributed by atoms with Crippen LogP contribution in [0.4, 0.5) is 15.8 Å². The Morgan fingerprint density at radius 2 is 1.87 bits per heavy atom. The van der Waals surface area contributed by atoms with Gasteiger partial charge in [0.25, 0.3) is 5.91 Å². The van der Waals surface area contributed by atoms with Crippen LogP contribution in [0.5, 0.6) is 0 Å². The minimum Gasteiger partial charge on any atom is -0.452 e. The van der Waals surface area contributed by atoms with E-state index in [1.165, 1.54) is 18.2 Å². The molecule has 0 unspecified atom stereocenters. The number of amides is 1. The van der Waals surface area contributed by atoms with Crippen molar-refractivity contribution in [2.75, 3.05) is 11.9 Å². The van der Waals surface area contributed by atoms with E-state index >= 15 is 0 Å². The standard InChI is InChI=1S/C15H11FN2O5/c16-12-7-6-11(8-13(12)18(21)22)17-14(19)9-23-15(20)10-4-2-1-3-5-10/h1-8H,9H2,(H,17,19). The molecule has 2 rings (SSSR count). The number of hydrogen-bond acceptors (Lipinski definition) is 5. The number of nitro groups is 1. The summed E-state index contributed by atoms with van der Waals surface area (Å²) < 4.78 is 18.0. The summed E-state index contributed by atoms with van der Waals surface area (Å²) in [4.78, 5) is 33.0. The van der Waals surface area contributed by atoms with Crippen molar-refractivity contribution in [1.29, 1.82) is 0 Å². The van der Waals surface area contributed by atoms with Crippen molar-refractivity contribution < 1.29 is 23.6 Å². The molecule has 2 aromatic rings. The molecule has 7 nitrogen and oxygen atoms in total. The number of ether oxygens (including phenoxy) is 1. The van der Waals surface area contributed by atoms with Gasteiger partial charge in [-0.2, -0.15) is 4.39 Å². The number of benzene rings is 2. The van der Waals surface area contributed by atoms with Crippen molar-refractivity contribution in [3.05, 3.63) is 70.0 Å². The van der Waals surface area contributed by atoms with E-state index in [4.69, 9.17) is 4.74 Å². The smallest absolute Gasteiger partial charge is 0.338 e. The van der Waals surface area contributed by atoms with Gasteiger partial charge >= 0.3 is 11.7 Å². The van der Waals surface area contributed by atoms with Crippen molar-refractivity contribution in [2.45, 2.75) is 0 Å². The van der Waals surface area contributed by atoms with Gasteiger partial charge in [-0.05, 0) is 24.3 Å². The average molecular weight is 318 g/mol. The molecular weight excluding hydrogens is 307 g/mol. The lowest BCUT2D eigenvalue weighted by Gasteiger charge is -2.06. The second-order valence-corrected chi connectivity index (χ2v) is 4.41.